The number of hydrogen-bond acceptors (Lipinski definition) is 1. The molecule has 0 N–H and O–H groups in total. The van der Waals surface area contributed by atoms with E-state index >= 15 is 0 Å². The lowest BCUT2D eigenvalue weighted by Crippen LogP contribution is -2.35. The molecule has 0 aromatic heterocycles. The molecule has 1 aliphatic rings. The molecule has 1 rings (SSSR count). The highest BCUT2D eigenvalue weighted by Crippen LogP contribution is 2.15. The zero-order chi connectivity index (χ0) is 11.8. The Hall–Kier alpha value is -0.530. The van der Waals surface area contributed by atoms with E-state index in [0.29, 0.717) is 11.8 Å². The van der Waals surface area contributed by atoms with E-state index in [1.807, 2.05) is 0 Å². The highest BCUT2D eigenvalue weighted by Gasteiger charge is 2.17. The summed E-state index contributed by atoms with van der Waals surface area (Å²) in [5, 5.41) is 0. The summed E-state index contributed by atoms with van der Waals surface area (Å²) in [5.41, 5.74) is 0. The Morgan fingerprint density at radius 3 is 2.44 bits per heavy atom. The SMILES string of the molecule is CCC(CC)CN1CC[CH]CCCCC1=O.[CH2].[CH2]. The van der Waals surface area contributed by atoms with Crippen molar-refractivity contribution in [1.82, 2.24) is 4.90 Å². The standard InChI is InChI=1S/C14H26NO.2CH2/c1-3-13(4-2)12-15-11-9-7-5-6-8-10-14(15)16;;/h7,13H,3-6,8-12H2,1-2H3;2*1H2. The molecule has 0 unspecified atom stereocenters. The Balaban J connectivity index is 0. The average Bonchev–Trinajstić information content (AvgIpc) is 2.40. The topological polar surface area (TPSA) is 20.3 Å². The molecule has 1 heterocycles. The molecule has 1 amide bonds. The van der Waals surface area contributed by atoms with E-state index in [4.69, 9.17) is 0 Å². The van der Waals surface area contributed by atoms with Crippen molar-refractivity contribution < 1.29 is 4.79 Å². The van der Waals surface area contributed by atoms with Crippen LogP contribution in [-0.2, 0) is 4.79 Å². The van der Waals surface area contributed by atoms with Crippen molar-refractivity contribution in [2.75, 3.05) is 13.1 Å². The maximum Gasteiger partial charge on any atom is 0.222 e. The molecule has 0 saturated carbocycles. The number of carbonyl (C=O) groups is 1. The van der Waals surface area contributed by atoms with E-state index in [1.54, 1.807) is 0 Å². The Morgan fingerprint density at radius 2 is 1.83 bits per heavy atom. The Bertz CT molecular complexity index is 199. The molecule has 1 fully saturated rings. The van der Waals surface area contributed by atoms with Crippen LogP contribution in [0, 0.1) is 27.2 Å². The minimum Gasteiger partial charge on any atom is -0.342 e. The maximum atomic E-state index is 12.0. The minimum absolute atomic E-state index is 0. The summed E-state index contributed by atoms with van der Waals surface area (Å²) in [5.74, 6) is 1.06. The van der Waals surface area contributed by atoms with E-state index < -0.39 is 0 Å². The van der Waals surface area contributed by atoms with Crippen molar-refractivity contribution >= 4 is 5.91 Å². The van der Waals surface area contributed by atoms with Gasteiger partial charge in [-0.05, 0) is 25.2 Å². The van der Waals surface area contributed by atoms with Crippen LogP contribution in [0.3, 0.4) is 0 Å². The number of carbonyl (C=O) groups excluding carboxylic acids is 1. The van der Waals surface area contributed by atoms with Gasteiger partial charge in [-0.2, -0.15) is 0 Å². The fourth-order valence-corrected chi connectivity index (χ4v) is 2.29. The van der Waals surface area contributed by atoms with Crippen molar-refractivity contribution in [3.05, 3.63) is 21.3 Å². The second kappa shape index (κ2) is 11.6. The average molecular weight is 252 g/mol. The van der Waals surface area contributed by atoms with Gasteiger partial charge in [0.25, 0.3) is 0 Å². The molecular formula is C16H30NO. The second-order valence-electron chi connectivity index (χ2n) is 4.85. The third-order valence-corrected chi connectivity index (χ3v) is 3.64. The number of nitrogens with zero attached hydrogens (tertiary/aromatic N) is 1. The zero-order valence-corrected chi connectivity index (χ0v) is 12.3. The molecule has 0 atom stereocenters. The third kappa shape index (κ3) is 7.03. The monoisotopic (exact) mass is 252 g/mol. The second-order valence-corrected chi connectivity index (χ2v) is 4.85. The summed E-state index contributed by atoms with van der Waals surface area (Å²) in [6, 6.07) is 0. The van der Waals surface area contributed by atoms with Gasteiger partial charge < -0.3 is 4.90 Å². The predicted molar refractivity (Wildman–Crippen MR) is 78.8 cm³/mol. The van der Waals surface area contributed by atoms with Gasteiger partial charge in [0.2, 0.25) is 5.91 Å². The van der Waals surface area contributed by atoms with Crippen LogP contribution in [0.1, 0.15) is 58.8 Å². The van der Waals surface area contributed by atoms with Gasteiger partial charge in [-0.1, -0.05) is 54.4 Å². The molecule has 0 aromatic carbocycles. The molecule has 5 radical (unpaired) electrons. The summed E-state index contributed by atoms with van der Waals surface area (Å²) in [7, 11) is 0. The van der Waals surface area contributed by atoms with Gasteiger partial charge in [0.15, 0.2) is 0 Å². The maximum absolute atomic E-state index is 12.0. The van der Waals surface area contributed by atoms with Crippen LogP contribution in [0.4, 0.5) is 0 Å². The number of rotatable bonds is 4. The van der Waals surface area contributed by atoms with E-state index in [-0.39, 0.29) is 14.9 Å². The molecule has 0 spiro atoms. The molecule has 1 saturated heterocycles. The van der Waals surface area contributed by atoms with Crippen molar-refractivity contribution in [3.8, 4) is 0 Å². The summed E-state index contributed by atoms with van der Waals surface area (Å²) >= 11 is 0. The van der Waals surface area contributed by atoms with Gasteiger partial charge in [0.1, 0.15) is 0 Å². The highest BCUT2D eigenvalue weighted by atomic mass is 16.2. The van der Waals surface area contributed by atoms with Gasteiger partial charge >= 0.3 is 0 Å². The molecule has 105 valence electrons. The lowest BCUT2D eigenvalue weighted by Gasteiger charge is -2.26. The third-order valence-electron chi connectivity index (χ3n) is 3.64. The molecular weight excluding hydrogens is 222 g/mol. The summed E-state index contributed by atoms with van der Waals surface area (Å²) < 4.78 is 0. The first-order valence-corrected chi connectivity index (χ1v) is 6.87. The van der Waals surface area contributed by atoms with Crippen molar-refractivity contribution in [3.63, 3.8) is 0 Å². The van der Waals surface area contributed by atoms with Crippen molar-refractivity contribution in [2.24, 2.45) is 5.92 Å². The van der Waals surface area contributed by atoms with Crippen LogP contribution < -0.4 is 0 Å². The lowest BCUT2D eigenvalue weighted by molar-refractivity contribution is -0.131. The first-order chi connectivity index (χ1) is 7.77. The largest absolute Gasteiger partial charge is 0.342 e. The smallest absolute Gasteiger partial charge is 0.222 e. The number of amides is 1. The van der Waals surface area contributed by atoms with Gasteiger partial charge in [0, 0.05) is 19.5 Å². The van der Waals surface area contributed by atoms with E-state index in [9.17, 15) is 4.79 Å². The van der Waals surface area contributed by atoms with Crippen LogP contribution in [0.2, 0.25) is 0 Å². The molecule has 0 aromatic rings. The number of hydrogen-bond donors (Lipinski definition) is 0. The van der Waals surface area contributed by atoms with Crippen LogP contribution >= 0.6 is 0 Å². The van der Waals surface area contributed by atoms with Gasteiger partial charge in [-0.25, -0.2) is 0 Å². The highest BCUT2D eigenvalue weighted by molar-refractivity contribution is 5.76. The summed E-state index contributed by atoms with van der Waals surface area (Å²) in [4.78, 5) is 14.1. The first kappa shape index (κ1) is 19.8. The van der Waals surface area contributed by atoms with Crippen LogP contribution in [-0.4, -0.2) is 23.9 Å². The molecule has 2 heteroatoms. The van der Waals surface area contributed by atoms with Crippen LogP contribution in [0.25, 0.3) is 0 Å². The molecule has 0 aliphatic carbocycles. The first-order valence-electron chi connectivity index (χ1n) is 6.87. The Morgan fingerprint density at radius 1 is 1.17 bits per heavy atom. The molecule has 1 aliphatic heterocycles. The zero-order valence-electron chi connectivity index (χ0n) is 12.3. The van der Waals surface area contributed by atoms with Gasteiger partial charge in [-0.15, -0.1) is 0 Å². The lowest BCUT2D eigenvalue weighted by atomic mass is 10.0. The molecule has 18 heavy (non-hydrogen) atoms. The summed E-state index contributed by atoms with van der Waals surface area (Å²) in [6.45, 7) is 6.36. The molecule has 2 nitrogen and oxygen atoms in total. The Kier molecular flexibility index (Phi) is 12.7. The van der Waals surface area contributed by atoms with E-state index in [1.165, 1.54) is 25.7 Å². The Labute approximate surface area is 115 Å². The quantitative estimate of drug-likeness (QED) is 0.738. The van der Waals surface area contributed by atoms with Gasteiger partial charge in [-0.3, -0.25) is 4.79 Å². The predicted octanol–water partition coefficient (Wildman–Crippen LogP) is 4.07. The fourth-order valence-electron chi connectivity index (χ4n) is 2.29. The minimum atomic E-state index is 0. The van der Waals surface area contributed by atoms with E-state index in [0.717, 1.165) is 32.4 Å². The normalized spacial score (nSPS) is 17.3. The van der Waals surface area contributed by atoms with Crippen LogP contribution in [0.5, 0.6) is 0 Å². The summed E-state index contributed by atoms with van der Waals surface area (Å²) in [6.07, 6.45) is 9.98. The van der Waals surface area contributed by atoms with Crippen LogP contribution in [0.15, 0.2) is 0 Å². The van der Waals surface area contributed by atoms with Crippen molar-refractivity contribution in [2.45, 2.75) is 58.8 Å². The fraction of sp³-hybridized carbons (Fsp3) is 0.750. The molecule has 0 bridgehead atoms. The van der Waals surface area contributed by atoms with Gasteiger partial charge in [0.05, 0.1) is 0 Å². The van der Waals surface area contributed by atoms with Crippen molar-refractivity contribution in [1.29, 1.82) is 0 Å². The van der Waals surface area contributed by atoms with E-state index in [2.05, 4.69) is 25.2 Å².